The number of hydrogen-bond donors (Lipinski definition) is 2. The molecule has 164 valence electrons. The van der Waals surface area contributed by atoms with Gasteiger partial charge in [0.2, 0.25) is 0 Å². The molecule has 7 nitrogen and oxygen atoms in total. The van der Waals surface area contributed by atoms with Crippen LogP contribution in [0.4, 0.5) is 15.7 Å². The molecule has 2 aromatic rings. The zero-order valence-electron chi connectivity index (χ0n) is 18.3. The molecule has 30 heavy (non-hydrogen) atoms. The van der Waals surface area contributed by atoms with E-state index in [9.17, 15) is 9.90 Å². The summed E-state index contributed by atoms with van der Waals surface area (Å²) < 4.78 is 5.48. The molecule has 3 rings (SSSR count). The Bertz CT molecular complexity index is 854. The topological polar surface area (TPSA) is 87.6 Å². The third-order valence-corrected chi connectivity index (χ3v) is 6.22. The number of pyridine rings is 1. The number of carbonyl (C=O) groups excluding carboxylic acids is 1. The van der Waals surface area contributed by atoms with Crippen LogP contribution >= 0.6 is 11.3 Å². The van der Waals surface area contributed by atoms with Crippen molar-refractivity contribution in [3.8, 4) is 0 Å². The average Bonchev–Trinajstić information content (AvgIpc) is 3.14. The molecule has 0 atom stereocenters. The maximum atomic E-state index is 12.4. The van der Waals surface area contributed by atoms with Gasteiger partial charge >= 0.3 is 6.09 Å². The predicted molar refractivity (Wildman–Crippen MR) is 119 cm³/mol. The lowest BCUT2D eigenvalue weighted by Crippen LogP contribution is -2.48. The molecule has 0 aromatic carbocycles. The SMILES string of the molecule is CCCc1cnc(Nc2cccc(C3(CO)CCN(C(=O)OC(C)(C)C)CC3)n2)s1. The lowest BCUT2D eigenvalue weighted by atomic mass is 9.76. The molecule has 0 saturated carbocycles. The number of ether oxygens (including phenoxy) is 1. The first-order valence-corrected chi connectivity index (χ1v) is 11.3. The Hall–Kier alpha value is -2.19. The second-order valence-electron chi connectivity index (χ2n) is 8.82. The van der Waals surface area contributed by atoms with Crippen molar-refractivity contribution in [2.75, 3.05) is 25.0 Å². The normalized spacial score (nSPS) is 16.4. The number of aliphatic hydroxyl groups is 1. The van der Waals surface area contributed by atoms with Crippen LogP contribution in [-0.4, -0.2) is 51.4 Å². The van der Waals surface area contributed by atoms with E-state index in [4.69, 9.17) is 9.72 Å². The molecular weight excluding hydrogens is 400 g/mol. The fourth-order valence-corrected chi connectivity index (χ4v) is 4.50. The van der Waals surface area contributed by atoms with Gasteiger partial charge in [-0.25, -0.2) is 14.8 Å². The Labute approximate surface area is 182 Å². The van der Waals surface area contributed by atoms with Crippen LogP contribution in [0.15, 0.2) is 24.4 Å². The summed E-state index contributed by atoms with van der Waals surface area (Å²) in [7, 11) is 0. The molecular formula is C22H32N4O3S. The summed E-state index contributed by atoms with van der Waals surface area (Å²) >= 11 is 1.64. The summed E-state index contributed by atoms with van der Waals surface area (Å²) in [6.07, 6.45) is 4.99. The first kappa shape index (κ1) is 22.5. The van der Waals surface area contributed by atoms with Crippen molar-refractivity contribution in [3.05, 3.63) is 35.0 Å². The molecule has 2 aromatic heterocycles. The molecule has 0 spiro atoms. The number of aliphatic hydroxyl groups excluding tert-OH is 1. The Balaban J connectivity index is 1.69. The summed E-state index contributed by atoms with van der Waals surface area (Å²) in [6.45, 7) is 8.79. The maximum absolute atomic E-state index is 12.4. The number of likely N-dealkylation sites (tertiary alicyclic amines) is 1. The van der Waals surface area contributed by atoms with Gasteiger partial charge in [0.15, 0.2) is 5.13 Å². The van der Waals surface area contributed by atoms with E-state index in [-0.39, 0.29) is 12.7 Å². The van der Waals surface area contributed by atoms with E-state index in [1.165, 1.54) is 4.88 Å². The molecule has 0 unspecified atom stereocenters. The van der Waals surface area contributed by atoms with Crippen LogP contribution in [0.3, 0.4) is 0 Å². The van der Waals surface area contributed by atoms with Crippen LogP contribution in [-0.2, 0) is 16.6 Å². The van der Waals surface area contributed by atoms with Crippen LogP contribution in [0, 0.1) is 0 Å². The number of aromatic nitrogens is 2. The fraction of sp³-hybridized carbons (Fsp3) is 0.591. The minimum Gasteiger partial charge on any atom is -0.444 e. The predicted octanol–water partition coefficient (Wildman–Crippen LogP) is 4.50. The van der Waals surface area contributed by atoms with Crippen molar-refractivity contribution in [2.24, 2.45) is 0 Å². The Morgan fingerprint density at radius 3 is 2.70 bits per heavy atom. The summed E-state index contributed by atoms with van der Waals surface area (Å²) in [5, 5.41) is 14.4. The highest BCUT2D eigenvalue weighted by molar-refractivity contribution is 7.15. The van der Waals surface area contributed by atoms with Crippen molar-refractivity contribution in [3.63, 3.8) is 0 Å². The van der Waals surface area contributed by atoms with Crippen LogP contribution < -0.4 is 5.32 Å². The highest BCUT2D eigenvalue weighted by atomic mass is 32.1. The summed E-state index contributed by atoms with van der Waals surface area (Å²) in [4.78, 5) is 24.5. The molecule has 3 heterocycles. The van der Waals surface area contributed by atoms with Crippen molar-refractivity contribution >= 4 is 28.4 Å². The summed E-state index contributed by atoms with van der Waals surface area (Å²) in [6, 6.07) is 5.81. The number of hydrogen-bond acceptors (Lipinski definition) is 7. The Morgan fingerprint density at radius 2 is 2.07 bits per heavy atom. The zero-order valence-corrected chi connectivity index (χ0v) is 19.1. The third-order valence-electron chi connectivity index (χ3n) is 5.25. The van der Waals surface area contributed by atoms with Gasteiger partial charge in [-0.2, -0.15) is 0 Å². The van der Waals surface area contributed by atoms with Crippen LogP contribution in [0.5, 0.6) is 0 Å². The third kappa shape index (κ3) is 5.49. The van der Waals surface area contributed by atoms with Crippen molar-refractivity contribution < 1.29 is 14.6 Å². The van der Waals surface area contributed by atoms with Crippen LogP contribution in [0.1, 0.15) is 57.5 Å². The molecule has 0 aliphatic carbocycles. The number of nitrogens with zero attached hydrogens (tertiary/aromatic N) is 3. The largest absolute Gasteiger partial charge is 0.444 e. The molecule has 1 amide bonds. The van der Waals surface area contributed by atoms with E-state index in [0.717, 1.165) is 23.7 Å². The maximum Gasteiger partial charge on any atom is 0.410 e. The Kier molecular flexibility index (Phi) is 6.98. The van der Waals surface area contributed by atoms with Gasteiger partial charge in [-0.05, 0) is 52.2 Å². The standard InChI is InChI=1S/C22H32N4O3S/c1-5-7-16-14-23-19(30-16)25-18-9-6-8-17(24-18)22(15-27)10-12-26(13-11-22)20(28)29-21(2,3)4/h6,8-9,14,27H,5,7,10-13,15H2,1-4H3,(H,23,24,25). The van der Waals surface area contributed by atoms with E-state index in [2.05, 4.69) is 17.2 Å². The first-order valence-electron chi connectivity index (χ1n) is 10.5. The van der Waals surface area contributed by atoms with Crippen molar-refractivity contribution in [1.82, 2.24) is 14.9 Å². The van der Waals surface area contributed by atoms with Crippen LogP contribution in [0.2, 0.25) is 0 Å². The highest BCUT2D eigenvalue weighted by Gasteiger charge is 2.39. The Morgan fingerprint density at radius 1 is 1.33 bits per heavy atom. The smallest absolute Gasteiger partial charge is 0.410 e. The van der Waals surface area contributed by atoms with Gasteiger partial charge in [-0.3, -0.25) is 0 Å². The number of anilines is 2. The van der Waals surface area contributed by atoms with E-state index in [1.807, 2.05) is 45.2 Å². The van der Waals surface area contributed by atoms with E-state index in [0.29, 0.717) is 31.7 Å². The highest BCUT2D eigenvalue weighted by Crippen LogP contribution is 2.35. The number of nitrogens with one attached hydrogen (secondary N) is 1. The van der Waals surface area contributed by atoms with E-state index >= 15 is 0 Å². The van der Waals surface area contributed by atoms with Gasteiger partial charge in [0.1, 0.15) is 11.4 Å². The molecule has 1 aliphatic rings. The number of amides is 1. The van der Waals surface area contributed by atoms with Gasteiger partial charge in [0.05, 0.1) is 12.3 Å². The minimum atomic E-state index is -0.517. The van der Waals surface area contributed by atoms with Gasteiger partial charge < -0.3 is 20.1 Å². The van der Waals surface area contributed by atoms with Gasteiger partial charge in [0, 0.05) is 29.6 Å². The molecule has 2 N–H and O–H groups in total. The second kappa shape index (κ2) is 9.31. The number of piperidine rings is 1. The zero-order chi connectivity index (χ0) is 21.8. The molecule has 1 fully saturated rings. The molecule has 8 heteroatoms. The van der Waals surface area contributed by atoms with Crippen molar-refractivity contribution in [2.45, 2.75) is 64.4 Å². The van der Waals surface area contributed by atoms with Gasteiger partial charge in [-0.1, -0.05) is 19.4 Å². The van der Waals surface area contributed by atoms with E-state index in [1.54, 1.807) is 16.2 Å². The quantitative estimate of drug-likeness (QED) is 0.699. The number of thiazole rings is 1. The van der Waals surface area contributed by atoms with Gasteiger partial charge in [-0.15, -0.1) is 11.3 Å². The number of carbonyl (C=O) groups is 1. The van der Waals surface area contributed by atoms with Crippen LogP contribution in [0.25, 0.3) is 0 Å². The number of rotatable bonds is 6. The van der Waals surface area contributed by atoms with Gasteiger partial charge in [0.25, 0.3) is 0 Å². The summed E-state index contributed by atoms with van der Waals surface area (Å²) in [5.41, 5.74) is -0.146. The molecule has 1 aliphatic heterocycles. The second-order valence-corrected chi connectivity index (χ2v) is 9.94. The molecule has 0 bridgehead atoms. The first-order chi connectivity index (χ1) is 14.2. The lowest BCUT2D eigenvalue weighted by molar-refractivity contribution is 0.0119. The van der Waals surface area contributed by atoms with Crippen molar-refractivity contribution in [1.29, 1.82) is 0 Å². The lowest BCUT2D eigenvalue weighted by Gasteiger charge is -2.40. The summed E-state index contributed by atoms with van der Waals surface area (Å²) in [5.74, 6) is 0.715. The monoisotopic (exact) mass is 432 g/mol. The number of aryl methyl sites for hydroxylation is 1. The fourth-order valence-electron chi connectivity index (χ4n) is 3.58. The van der Waals surface area contributed by atoms with E-state index < -0.39 is 11.0 Å². The molecule has 0 radical (unpaired) electrons. The minimum absolute atomic E-state index is 0.0104. The average molecular weight is 433 g/mol. The molecule has 1 saturated heterocycles.